The van der Waals surface area contributed by atoms with Gasteiger partial charge in [-0.2, -0.15) is 5.10 Å². The fourth-order valence-electron chi connectivity index (χ4n) is 1.92. The Morgan fingerprint density at radius 2 is 2.11 bits per heavy atom. The van der Waals surface area contributed by atoms with Gasteiger partial charge in [-0.15, -0.1) is 0 Å². The highest BCUT2D eigenvalue weighted by Gasteiger charge is 2.20. The minimum absolute atomic E-state index is 0.735. The van der Waals surface area contributed by atoms with Crippen LogP contribution in [0.3, 0.4) is 0 Å². The summed E-state index contributed by atoms with van der Waals surface area (Å²) in [6.45, 7) is 1.69. The van der Waals surface area contributed by atoms with Gasteiger partial charge in [0.1, 0.15) is 0 Å². The normalized spacial score (nSPS) is 14.9. The molecule has 0 saturated heterocycles. The molecule has 1 aromatic heterocycles. The predicted molar refractivity (Wildman–Crippen MR) is 75.3 cm³/mol. The number of hydrogen-bond donors (Lipinski definition) is 1. The summed E-state index contributed by atoms with van der Waals surface area (Å²) < 4.78 is 3.13. The fraction of sp³-hybridized carbons (Fsp3) is 0.357. The van der Waals surface area contributed by atoms with Crippen LogP contribution in [-0.2, 0) is 13.1 Å². The molecule has 1 aliphatic carbocycles. The Morgan fingerprint density at radius 3 is 2.89 bits per heavy atom. The summed E-state index contributed by atoms with van der Waals surface area (Å²) in [5.41, 5.74) is 2.37. The van der Waals surface area contributed by atoms with Gasteiger partial charge in [0.15, 0.2) is 0 Å². The molecular formula is C14H16BrN3. The fourth-order valence-corrected chi connectivity index (χ4v) is 2.33. The van der Waals surface area contributed by atoms with Crippen LogP contribution < -0.4 is 5.32 Å². The highest BCUT2D eigenvalue weighted by atomic mass is 79.9. The Morgan fingerprint density at radius 1 is 1.28 bits per heavy atom. The smallest absolute Gasteiger partial charge is 0.0762 e. The quantitative estimate of drug-likeness (QED) is 0.920. The zero-order valence-corrected chi connectivity index (χ0v) is 11.7. The maximum absolute atomic E-state index is 4.58. The molecule has 0 atom stereocenters. The van der Waals surface area contributed by atoms with Crippen LogP contribution in [0.4, 0.5) is 0 Å². The molecule has 18 heavy (non-hydrogen) atoms. The largest absolute Gasteiger partial charge is 0.308 e. The summed E-state index contributed by atoms with van der Waals surface area (Å²) in [6.07, 6.45) is 4.68. The minimum atomic E-state index is 0.735. The Labute approximate surface area is 115 Å². The van der Waals surface area contributed by atoms with E-state index in [2.05, 4.69) is 50.6 Å². The first-order valence-electron chi connectivity index (χ1n) is 6.30. The Balaban J connectivity index is 1.63. The zero-order chi connectivity index (χ0) is 12.4. The summed E-state index contributed by atoms with van der Waals surface area (Å²) in [6, 6.07) is 11.1. The third-order valence-corrected chi connectivity index (χ3v) is 3.91. The molecule has 0 amide bonds. The third kappa shape index (κ3) is 3.00. The van der Waals surface area contributed by atoms with E-state index in [4.69, 9.17) is 0 Å². The molecule has 0 aliphatic heterocycles. The van der Waals surface area contributed by atoms with Gasteiger partial charge >= 0.3 is 0 Å². The average Bonchev–Trinajstić information content (AvgIpc) is 3.10. The number of aromatic nitrogens is 2. The van der Waals surface area contributed by atoms with Crippen LogP contribution in [0.2, 0.25) is 0 Å². The van der Waals surface area contributed by atoms with E-state index in [0.717, 1.165) is 29.3 Å². The first-order valence-corrected chi connectivity index (χ1v) is 7.10. The van der Waals surface area contributed by atoms with E-state index in [0.29, 0.717) is 0 Å². The molecule has 3 rings (SSSR count). The van der Waals surface area contributed by atoms with Gasteiger partial charge in [-0.05, 0) is 30.5 Å². The number of hydrogen-bond acceptors (Lipinski definition) is 2. The Kier molecular flexibility index (Phi) is 3.48. The molecule has 0 spiro atoms. The standard InChI is InChI=1S/C14H16BrN3/c15-14-4-2-1-3-11(14)10-18-8-7-13(17-18)9-16-12-5-6-12/h1-4,7-8,12,16H,5-6,9-10H2. The van der Waals surface area contributed by atoms with Crippen molar-refractivity contribution in [2.45, 2.75) is 32.0 Å². The van der Waals surface area contributed by atoms with Crippen molar-refractivity contribution < 1.29 is 0 Å². The highest BCUT2D eigenvalue weighted by Crippen LogP contribution is 2.19. The maximum atomic E-state index is 4.58. The van der Waals surface area contributed by atoms with Crippen molar-refractivity contribution in [3.05, 3.63) is 52.3 Å². The molecule has 94 valence electrons. The summed E-state index contributed by atoms with van der Waals surface area (Å²) in [4.78, 5) is 0. The second-order valence-electron chi connectivity index (χ2n) is 4.75. The first-order chi connectivity index (χ1) is 8.81. The lowest BCUT2D eigenvalue weighted by atomic mass is 10.2. The summed E-state index contributed by atoms with van der Waals surface area (Å²) in [5, 5.41) is 8.06. The van der Waals surface area contributed by atoms with E-state index < -0.39 is 0 Å². The molecule has 4 heteroatoms. The van der Waals surface area contributed by atoms with Crippen molar-refractivity contribution in [3.63, 3.8) is 0 Å². The van der Waals surface area contributed by atoms with Crippen LogP contribution in [0.15, 0.2) is 41.0 Å². The monoisotopic (exact) mass is 305 g/mol. The van der Waals surface area contributed by atoms with Gasteiger partial charge in [0.25, 0.3) is 0 Å². The predicted octanol–water partition coefficient (Wildman–Crippen LogP) is 2.95. The van der Waals surface area contributed by atoms with Gasteiger partial charge in [-0.3, -0.25) is 4.68 Å². The van der Waals surface area contributed by atoms with Gasteiger partial charge < -0.3 is 5.32 Å². The molecule has 0 unspecified atom stereocenters. The highest BCUT2D eigenvalue weighted by molar-refractivity contribution is 9.10. The third-order valence-electron chi connectivity index (χ3n) is 3.14. The van der Waals surface area contributed by atoms with Crippen LogP contribution >= 0.6 is 15.9 Å². The number of halogens is 1. The van der Waals surface area contributed by atoms with Gasteiger partial charge in [0.2, 0.25) is 0 Å². The van der Waals surface area contributed by atoms with Gasteiger partial charge in [-0.25, -0.2) is 0 Å². The van der Waals surface area contributed by atoms with E-state index in [-0.39, 0.29) is 0 Å². The van der Waals surface area contributed by atoms with Gasteiger partial charge in [-0.1, -0.05) is 34.1 Å². The summed E-state index contributed by atoms with van der Waals surface area (Å²) >= 11 is 3.57. The average molecular weight is 306 g/mol. The summed E-state index contributed by atoms with van der Waals surface area (Å²) in [7, 11) is 0. The molecule has 1 N–H and O–H groups in total. The first kappa shape index (κ1) is 11.9. The van der Waals surface area contributed by atoms with Crippen LogP contribution in [0.1, 0.15) is 24.1 Å². The van der Waals surface area contributed by atoms with E-state index in [1.54, 1.807) is 0 Å². The van der Waals surface area contributed by atoms with Gasteiger partial charge in [0, 0.05) is 23.3 Å². The molecule has 0 radical (unpaired) electrons. The zero-order valence-electron chi connectivity index (χ0n) is 10.1. The minimum Gasteiger partial charge on any atom is -0.308 e. The number of benzene rings is 1. The molecule has 1 aliphatic rings. The van der Waals surface area contributed by atoms with Crippen LogP contribution in [0, 0.1) is 0 Å². The Bertz CT molecular complexity index is 531. The van der Waals surface area contributed by atoms with Crippen molar-refractivity contribution in [2.75, 3.05) is 0 Å². The van der Waals surface area contributed by atoms with Crippen molar-refractivity contribution in [2.24, 2.45) is 0 Å². The molecule has 3 nitrogen and oxygen atoms in total. The van der Waals surface area contributed by atoms with Gasteiger partial charge in [0.05, 0.1) is 12.2 Å². The SMILES string of the molecule is Brc1ccccc1Cn1ccc(CNC2CC2)n1. The van der Waals surface area contributed by atoms with Crippen molar-refractivity contribution in [1.82, 2.24) is 15.1 Å². The molecule has 1 saturated carbocycles. The Hall–Kier alpha value is -1.13. The van der Waals surface area contributed by atoms with E-state index in [1.165, 1.54) is 18.4 Å². The molecule has 1 aromatic carbocycles. The van der Waals surface area contributed by atoms with E-state index >= 15 is 0 Å². The van der Waals surface area contributed by atoms with Crippen LogP contribution in [0.25, 0.3) is 0 Å². The molecular weight excluding hydrogens is 290 g/mol. The maximum Gasteiger partial charge on any atom is 0.0762 e. The van der Waals surface area contributed by atoms with Crippen LogP contribution in [-0.4, -0.2) is 15.8 Å². The van der Waals surface area contributed by atoms with Crippen molar-refractivity contribution in [1.29, 1.82) is 0 Å². The summed E-state index contributed by atoms with van der Waals surface area (Å²) in [5.74, 6) is 0. The molecule has 0 bridgehead atoms. The molecule has 1 fully saturated rings. The lowest BCUT2D eigenvalue weighted by Crippen LogP contribution is -2.16. The number of rotatable bonds is 5. The number of nitrogens with zero attached hydrogens (tertiary/aromatic N) is 2. The van der Waals surface area contributed by atoms with Crippen molar-refractivity contribution in [3.8, 4) is 0 Å². The molecule has 2 aromatic rings. The van der Waals surface area contributed by atoms with Crippen molar-refractivity contribution >= 4 is 15.9 Å². The molecule has 1 heterocycles. The van der Waals surface area contributed by atoms with E-state index in [1.807, 2.05) is 16.9 Å². The number of nitrogens with one attached hydrogen (secondary N) is 1. The topological polar surface area (TPSA) is 29.9 Å². The lowest BCUT2D eigenvalue weighted by molar-refractivity contribution is 0.630. The van der Waals surface area contributed by atoms with Crippen LogP contribution in [0.5, 0.6) is 0 Å². The van der Waals surface area contributed by atoms with E-state index in [9.17, 15) is 0 Å². The second-order valence-corrected chi connectivity index (χ2v) is 5.61. The lowest BCUT2D eigenvalue weighted by Gasteiger charge is -2.04. The second kappa shape index (κ2) is 5.24.